The summed E-state index contributed by atoms with van der Waals surface area (Å²) in [6.07, 6.45) is 12.4. The number of ketones is 1. The maximum Gasteiger partial charge on any atom is 0.328 e. The van der Waals surface area contributed by atoms with Crippen molar-refractivity contribution in [2.24, 2.45) is 5.41 Å². The third kappa shape index (κ3) is 4.83. The fraction of sp³-hybridized carbons (Fsp3) is 0.500. The molecule has 0 bridgehead atoms. The quantitative estimate of drug-likeness (QED) is 0.399. The van der Waals surface area contributed by atoms with Crippen LogP contribution in [0, 0.1) is 5.41 Å². The van der Waals surface area contributed by atoms with Crippen molar-refractivity contribution in [2.45, 2.75) is 76.8 Å². The molecule has 1 aliphatic heterocycles. The lowest BCUT2D eigenvalue weighted by Gasteiger charge is -2.44. The molecule has 1 spiro atoms. The molecule has 8 nitrogen and oxygen atoms in total. The number of benzene rings is 1. The first-order valence-electron chi connectivity index (χ1n) is 14.8. The molecule has 3 heterocycles. The minimum absolute atomic E-state index is 0.197. The molecular weight excluding hydrogens is 502 g/mol. The Labute approximate surface area is 235 Å². The van der Waals surface area contributed by atoms with Gasteiger partial charge in [-0.3, -0.25) is 14.3 Å². The number of carbonyl (C=O) groups excluding carboxylic acids is 2. The number of esters is 1. The summed E-state index contributed by atoms with van der Waals surface area (Å²) in [5, 5.41) is 3.44. The minimum atomic E-state index is -0.550. The van der Waals surface area contributed by atoms with Crippen molar-refractivity contribution in [3.63, 3.8) is 0 Å². The lowest BCUT2D eigenvalue weighted by Crippen LogP contribution is -2.52. The third-order valence-corrected chi connectivity index (χ3v) is 9.02. The first kappa shape index (κ1) is 26.7. The molecule has 210 valence electrons. The van der Waals surface area contributed by atoms with Gasteiger partial charge < -0.3 is 10.1 Å². The van der Waals surface area contributed by atoms with E-state index in [1.807, 2.05) is 25.3 Å². The van der Waals surface area contributed by atoms with Gasteiger partial charge in [0.2, 0.25) is 0 Å². The normalized spacial score (nSPS) is 21.6. The van der Waals surface area contributed by atoms with Gasteiger partial charge in [-0.25, -0.2) is 14.8 Å². The van der Waals surface area contributed by atoms with Crippen molar-refractivity contribution >= 4 is 22.9 Å². The molecule has 2 aliphatic carbocycles. The van der Waals surface area contributed by atoms with Crippen LogP contribution in [0.15, 0.2) is 54.4 Å². The second kappa shape index (κ2) is 11.2. The van der Waals surface area contributed by atoms with E-state index in [0.717, 1.165) is 79.0 Å². The van der Waals surface area contributed by atoms with Crippen molar-refractivity contribution in [3.05, 3.63) is 65.8 Å². The number of rotatable bonds is 8. The Morgan fingerprint density at radius 2 is 1.93 bits per heavy atom. The van der Waals surface area contributed by atoms with Gasteiger partial charge in [-0.05, 0) is 76.0 Å². The van der Waals surface area contributed by atoms with Gasteiger partial charge in [0.05, 0.1) is 18.1 Å². The molecule has 6 rings (SSSR count). The van der Waals surface area contributed by atoms with Gasteiger partial charge in [0.1, 0.15) is 17.4 Å². The number of hydrogen-bond donors (Lipinski definition) is 1. The zero-order valence-corrected chi connectivity index (χ0v) is 23.6. The van der Waals surface area contributed by atoms with E-state index in [0.29, 0.717) is 13.0 Å². The van der Waals surface area contributed by atoms with E-state index >= 15 is 0 Å². The monoisotopic (exact) mass is 541 g/mol. The zero-order valence-electron chi connectivity index (χ0n) is 23.6. The predicted octanol–water partition coefficient (Wildman–Crippen LogP) is 5.06. The van der Waals surface area contributed by atoms with Crippen molar-refractivity contribution < 1.29 is 14.3 Å². The summed E-state index contributed by atoms with van der Waals surface area (Å²) in [5.74, 6) is 0.932. The van der Waals surface area contributed by atoms with Gasteiger partial charge in [-0.15, -0.1) is 0 Å². The van der Waals surface area contributed by atoms with Crippen LogP contribution in [-0.2, 0) is 20.7 Å². The number of ether oxygens (including phenoxy) is 1. The molecule has 0 radical (unpaired) electrons. The van der Waals surface area contributed by atoms with Crippen LogP contribution < -0.4 is 5.32 Å². The zero-order chi connectivity index (χ0) is 27.7. The number of piperidine rings is 1. The molecule has 2 atom stereocenters. The Morgan fingerprint density at radius 3 is 2.65 bits per heavy atom. The summed E-state index contributed by atoms with van der Waals surface area (Å²) in [6, 6.07) is 12.0. The number of aromatic nitrogens is 3. The van der Waals surface area contributed by atoms with Crippen LogP contribution in [0.3, 0.4) is 0 Å². The SMILES string of the molecule is CCOC(=O)[C@H](Cc1ccc(-n2c([C@@H]3CCCCN3C)nc3cccnc32)cc1)NC1=CC(=O)C12CCCCC2. The highest BCUT2D eigenvalue weighted by atomic mass is 16.5. The molecule has 3 aromatic rings. The number of nitrogens with one attached hydrogen (secondary N) is 1. The summed E-state index contributed by atoms with van der Waals surface area (Å²) in [7, 11) is 2.18. The van der Waals surface area contributed by atoms with Crippen molar-refractivity contribution in [1.29, 1.82) is 0 Å². The Balaban J connectivity index is 1.27. The molecule has 2 aromatic heterocycles. The first-order chi connectivity index (χ1) is 19.5. The van der Waals surface area contributed by atoms with E-state index in [1.54, 1.807) is 6.08 Å². The Hall–Kier alpha value is -3.52. The summed E-state index contributed by atoms with van der Waals surface area (Å²) in [6.45, 7) is 3.20. The highest BCUT2D eigenvalue weighted by molar-refractivity contribution is 6.05. The second-order valence-corrected chi connectivity index (χ2v) is 11.5. The number of carbonyl (C=O) groups is 2. The highest BCUT2D eigenvalue weighted by Gasteiger charge is 2.49. The maximum absolute atomic E-state index is 13.0. The van der Waals surface area contributed by atoms with Crippen LogP contribution in [-0.4, -0.2) is 57.4 Å². The summed E-state index contributed by atoms with van der Waals surface area (Å²) < 4.78 is 7.62. The molecule has 8 heteroatoms. The van der Waals surface area contributed by atoms with Gasteiger partial charge in [-0.1, -0.05) is 37.8 Å². The molecule has 1 saturated carbocycles. The second-order valence-electron chi connectivity index (χ2n) is 11.5. The number of pyridine rings is 1. The molecule has 1 aromatic carbocycles. The fourth-order valence-corrected chi connectivity index (χ4v) is 6.76. The van der Waals surface area contributed by atoms with Crippen LogP contribution in [0.25, 0.3) is 16.9 Å². The largest absolute Gasteiger partial charge is 0.464 e. The molecule has 1 saturated heterocycles. The van der Waals surface area contributed by atoms with E-state index in [-0.39, 0.29) is 17.8 Å². The molecule has 0 amide bonds. The molecule has 0 unspecified atom stereocenters. The third-order valence-electron chi connectivity index (χ3n) is 9.02. The van der Waals surface area contributed by atoms with Crippen LogP contribution >= 0.6 is 0 Å². The van der Waals surface area contributed by atoms with Gasteiger partial charge in [0.15, 0.2) is 11.4 Å². The summed E-state index contributed by atoms with van der Waals surface area (Å²) >= 11 is 0. The number of fused-ring (bicyclic) bond motifs is 1. The van der Waals surface area contributed by atoms with Crippen LogP contribution in [0.4, 0.5) is 0 Å². The van der Waals surface area contributed by atoms with Gasteiger partial charge in [0, 0.05) is 30.1 Å². The average Bonchev–Trinajstić information content (AvgIpc) is 3.37. The van der Waals surface area contributed by atoms with Gasteiger partial charge in [0.25, 0.3) is 0 Å². The van der Waals surface area contributed by atoms with E-state index in [1.165, 1.54) is 12.8 Å². The minimum Gasteiger partial charge on any atom is -0.464 e. The lowest BCUT2D eigenvalue weighted by atomic mass is 9.62. The Bertz CT molecular complexity index is 1420. The van der Waals surface area contributed by atoms with E-state index in [4.69, 9.17) is 9.72 Å². The molecule has 40 heavy (non-hydrogen) atoms. The highest BCUT2D eigenvalue weighted by Crippen LogP contribution is 2.48. The molecule has 2 fully saturated rings. The van der Waals surface area contributed by atoms with Crippen molar-refractivity contribution in [3.8, 4) is 5.69 Å². The Kier molecular flexibility index (Phi) is 7.45. The van der Waals surface area contributed by atoms with Gasteiger partial charge in [-0.2, -0.15) is 0 Å². The molecular formula is C32H39N5O3. The lowest BCUT2D eigenvalue weighted by molar-refractivity contribution is -0.146. The smallest absolute Gasteiger partial charge is 0.328 e. The topological polar surface area (TPSA) is 89.3 Å². The summed E-state index contributed by atoms with van der Waals surface area (Å²) in [4.78, 5) is 37.7. The number of imidazole rings is 1. The number of likely N-dealkylation sites (tertiary alicyclic amines) is 1. The maximum atomic E-state index is 13.0. The number of nitrogens with zero attached hydrogens (tertiary/aromatic N) is 4. The van der Waals surface area contributed by atoms with Crippen LogP contribution in [0.1, 0.15) is 75.7 Å². The van der Waals surface area contributed by atoms with Crippen molar-refractivity contribution in [2.75, 3.05) is 20.2 Å². The molecule has 1 N–H and O–H groups in total. The first-order valence-corrected chi connectivity index (χ1v) is 14.8. The average molecular weight is 542 g/mol. The number of allylic oxidation sites excluding steroid dienone is 2. The fourth-order valence-electron chi connectivity index (χ4n) is 6.76. The summed E-state index contributed by atoms with van der Waals surface area (Å²) in [5.41, 5.74) is 4.26. The van der Waals surface area contributed by atoms with Crippen molar-refractivity contribution in [1.82, 2.24) is 24.8 Å². The van der Waals surface area contributed by atoms with Gasteiger partial charge >= 0.3 is 5.97 Å². The predicted molar refractivity (Wildman–Crippen MR) is 154 cm³/mol. The number of hydrogen-bond acceptors (Lipinski definition) is 7. The van der Waals surface area contributed by atoms with E-state index in [2.05, 4.69) is 51.1 Å². The van der Waals surface area contributed by atoms with E-state index < -0.39 is 11.5 Å². The Morgan fingerprint density at radius 1 is 1.12 bits per heavy atom. The van der Waals surface area contributed by atoms with Crippen LogP contribution in [0.2, 0.25) is 0 Å². The van der Waals surface area contributed by atoms with E-state index in [9.17, 15) is 9.59 Å². The van der Waals surface area contributed by atoms with Crippen LogP contribution in [0.5, 0.6) is 0 Å². The standard InChI is InChI=1S/C32H39N5O3/c1-3-40-31(39)25(34-27-21-28(38)32(27)16-6-4-7-17-32)20-22-12-14-23(15-13-22)37-29-24(10-9-18-33-29)35-30(37)26-11-5-8-19-36(26)2/h9-10,12-15,18,21,25-26,34H,3-8,11,16-17,19-20H2,1-2H3/t25-,26-/m0/s1. The molecule has 3 aliphatic rings.